The van der Waals surface area contributed by atoms with Crippen molar-refractivity contribution in [1.82, 2.24) is 0 Å². The molecule has 0 unspecified atom stereocenters. The minimum absolute atomic E-state index is 0.159. The van der Waals surface area contributed by atoms with E-state index >= 15 is 0 Å². The number of nitrogens with zero attached hydrogens (tertiary/aromatic N) is 1. The van der Waals surface area contributed by atoms with Crippen LogP contribution < -0.4 is 19.7 Å². The maximum absolute atomic E-state index is 13.5. The minimum atomic E-state index is -0.588. The summed E-state index contributed by atoms with van der Waals surface area (Å²) < 4.78 is 10.8. The Balaban J connectivity index is 1.53. The van der Waals surface area contributed by atoms with Crippen LogP contribution in [-0.4, -0.2) is 31.9 Å². The van der Waals surface area contributed by atoms with E-state index in [-0.39, 0.29) is 17.4 Å². The third kappa shape index (κ3) is 5.78. The first-order valence-electron chi connectivity index (χ1n) is 11.8. The van der Waals surface area contributed by atoms with Crippen LogP contribution in [-0.2, 0) is 9.59 Å². The number of esters is 1. The van der Waals surface area contributed by atoms with E-state index < -0.39 is 11.9 Å². The Morgan fingerprint density at radius 2 is 1.49 bits per heavy atom. The van der Waals surface area contributed by atoms with Gasteiger partial charge in [0.15, 0.2) is 0 Å². The highest BCUT2D eigenvalue weighted by atomic mass is 16.5. The first-order chi connectivity index (χ1) is 17.8. The minimum Gasteiger partial charge on any atom is -0.497 e. The van der Waals surface area contributed by atoms with Gasteiger partial charge in [-0.3, -0.25) is 9.59 Å². The summed E-state index contributed by atoms with van der Waals surface area (Å²) in [6.45, 7) is 3.27. The zero-order valence-electron chi connectivity index (χ0n) is 21.1. The number of benzene rings is 4. The second-order valence-corrected chi connectivity index (χ2v) is 8.70. The zero-order valence-corrected chi connectivity index (χ0v) is 21.1. The van der Waals surface area contributed by atoms with E-state index in [1.54, 1.807) is 62.7 Å². The first-order valence-corrected chi connectivity index (χ1v) is 11.8. The van der Waals surface area contributed by atoms with Gasteiger partial charge in [0.05, 0.1) is 24.3 Å². The number of para-hydroxylation sites is 1. The molecule has 1 N–H and O–H groups in total. The monoisotopic (exact) mass is 496 g/mol. The number of carbonyl (C=O) groups excluding carboxylic acids is 3. The molecule has 0 aromatic heterocycles. The molecule has 0 heterocycles. The van der Waals surface area contributed by atoms with Crippen LogP contribution in [0.25, 0.3) is 10.8 Å². The van der Waals surface area contributed by atoms with E-state index in [1.807, 2.05) is 43.3 Å². The fraction of sp³-hybridized carbons (Fsp3) is 0.167. The van der Waals surface area contributed by atoms with E-state index in [0.717, 1.165) is 22.1 Å². The van der Waals surface area contributed by atoms with E-state index in [4.69, 9.17) is 9.47 Å². The molecule has 4 rings (SSSR count). The predicted octanol–water partition coefficient (Wildman–Crippen LogP) is 5.79. The van der Waals surface area contributed by atoms with Crippen LogP contribution in [0.5, 0.6) is 11.5 Å². The Hall–Kier alpha value is -4.65. The zero-order chi connectivity index (χ0) is 26.5. The number of rotatable bonds is 7. The number of fused-ring (bicyclic) bond motifs is 1. The molecule has 7 heteroatoms. The molecular formula is C30H28N2O5. The summed E-state index contributed by atoms with van der Waals surface area (Å²) in [6, 6.07) is 25.0. The molecule has 1 atom stereocenters. The molecule has 0 aliphatic rings. The molecular weight excluding hydrogens is 468 g/mol. The van der Waals surface area contributed by atoms with Gasteiger partial charge in [-0.15, -0.1) is 0 Å². The number of methoxy groups -OCH3 is 1. The van der Waals surface area contributed by atoms with Crippen LogP contribution in [0.2, 0.25) is 0 Å². The van der Waals surface area contributed by atoms with Gasteiger partial charge in [0.2, 0.25) is 11.8 Å². The van der Waals surface area contributed by atoms with Gasteiger partial charge in [-0.1, -0.05) is 36.4 Å². The molecule has 4 aromatic carbocycles. The van der Waals surface area contributed by atoms with Crippen molar-refractivity contribution in [3.05, 3.63) is 96.1 Å². The molecule has 0 fully saturated rings. The SMILES string of the molecule is COc1ccc2cc([C@H](C)C(=O)N(C)c3ccccc3C(=O)Oc3ccc(NC(C)=O)cc3)ccc2c1. The lowest BCUT2D eigenvalue weighted by atomic mass is 9.96. The van der Waals surface area contributed by atoms with Crippen molar-refractivity contribution in [2.75, 3.05) is 24.4 Å². The number of nitrogens with one attached hydrogen (secondary N) is 1. The van der Waals surface area contributed by atoms with E-state index in [9.17, 15) is 14.4 Å². The van der Waals surface area contributed by atoms with Crippen molar-refractivity contribution < 1.29 is 23.9 Å². The molecule has 37 heavy (non-hydrogen) atoms. The summed E-state index contributed by atoms with van der Waals surface area (Å²) in [4.78, 5) is 39.2. The second-order valence-electron chi connectivity index (χ2n) is 8.70. The molecule has 0 aliphatic carbocycles. The van der Waals surface area contributed by atoms with Gasteiger partial charge in [-0.2, -0.15) is 0 Å². The molecule has 2 amide bonds. The summed E-state index contributed by atoms with van der Waals surface area (Å²) >= 11 is 0. The fourth-order valence-corrected chi connectivity index (χ4v) is 4.10. The lowest BCUT2D eigenvalue weighted by Crippen LogP contribution is -2.32. The molecule has 0 saturated heterocycles. The van der Waals surface area contributed by atoms with Crippen LogP contribution >= 0.6 is 0 Å². The highest BCUT2D eigenvalue weighted by molar-refractivity contribution is 6.05. The average Bonchev–Trinajstić information content (AvgIpc) is 2.92. The highest BCUT2D eigenvalue weighted by Crippen LogP contribution is 2.29. The van der Waals surface area contributed by atoms with E-state index in [2.05, 4.69) is 5.32 Å². The lowest BCUT2D eigenvalue weighted by molar-refractivity contribution is -0.119. The Morgan fingerprint density at radius 1 is 0.838 bits per heavy atom. The van der Waals surface area contributed by atoms with E-state index in [1.165, 1.54) is 11.8 Å². The fourth-order valence-electron chi connectivity index (χ4n) is 4.10. The highest BCUT2D eigenvalue weighted by Gasteiger charge is 2.25. The van der Waals surface area contributed by atoms with Gasteiger partial charge < -0.3 is 19.7 Å². The quantitative estimate of drug-likeness (QED) is 0.258. The standard InChI is InChI=1S/C30H28N2O5/c1-19(21-9-10-23-18-26(36-4)14-11-22(23)17-21)29(34)32(3)28-8-6-5-7-27(28)30(35)37-25-15-12-24(13-16-25)31-20(2)33/h5-19H,1-4H3,(H,31,33)/t19-/m0/s1. The van der Waals surface area contributed by atoms with Gasteiger partial charge in [0.25, 0.3) is 0 Å². The first kappa shape index (κ1) is 25.4. The number of ether oxygens (including phenoxy) is 2. The van der Waals surface area contributed by atoms with Crippen LogP contribution in [0.15, 0.2) is 84.9 Å². The summed E-state index contributed by atoms with van der Waals surface area (Å²) in [5, 5.41) is 4.69. The van der Waals surface area contributed by atoms with Crippen molar-refractivity contribution in [3.8, 4) is 11.5 Å². The Bertz CT molecular complexity index is 1460. The molecule has 188 valence electrons. The molecule has 0 bridgehead atoms. The summed E-state index contributed by atoms with van der Waals surface area (Å²) in [7, 11) is 3.28. The van der Waals surface area contributed by atoms with Crippen molar-refractivity contribution in [1.29, 1.82) is 0 Å². The van der Waals surface area contributed by atoms with Crippen LogP contribution in [0.3, 0.4) is 0 Å². The normalized spacial score (nSPS) is 11.5. The van der Waals surface area contributed by atoms with E-state index in [0.29, 0.717) is 17.1 Å². The van der Waals surface area contributed by atoms with Crippen molar-refractivity contribution in [2.24, 2.45) is 0 Å². The summed E-state index contributed by atoms with van der Waals surface area (Å²) in [5.41, 5.74) is 2.18. The molecule has 0 spiro atoms. The van der Waals surface area contributed by atoms with Gasteiger partial charge in [0.1, 0.15) is 11.5 Å². The second kappa shape index (κ2) is 11.0. The topological polar surface area (TPSA) is 84.9 Å². The van der Waals surface area contributed by atoms with Gasteiger partial charge in [-0.05, 0) is 71.8 Å². The van der Waals surface area contributed by atoms with Crippen LogP contribution in [0, 0.1) is 0 Å². The smallest absolute Gasteiger partial charge is 0.345 e. The molecule has 0 saturated carbocycles. The van der Waals surface area contributed by atoms with Gasteiger partial charge >= 0.3 is 5.97 Å². The number of amides is 2. The molecule has 0 radical (unpaired) electrons. The lowest BCUT2D eigenvalue weighted by Gasteiger charge is -2.24. The number of anilines is 2. The third-order valence-corrected chi connectivity index (χ3v) is 6.14. The van der Waals surface area contributed by atoms with Gasteiger partial charge in [0, 0.05) is 19.7 Å². The predicted molar refractivity (Wildman–Crippen MR) is 144 cm³/mol. The van der Waals surface area contributed by atoms with Crippen LogP contribution in [0.1, 0.15) is 35.7 Å². The molecule has 7 nitrogen and oxygen atoms in total. The Morgan fingerprint density at radius 3 is 2.19 bits per heavy atom. The number of carbonyl (C=O) groups is 3. The van der Waals surface area contributed by atoms with Crippen LogP contribution in [0.4, 0.5) is 11.4 Å². The maximum atomic E-state index is 13.5. The number of likely N-dealkylation sites (N-methyl/N-ethyl adjacent to an activating group) is 1. The molecule has 0 aliphatic heterocycles. The third-order valence-electron chi connectivity index (χ3n) is 6.14. The Labute approximate surface area is 215 Å². The number of hydrogen-bond acceptors (Lipinski definition) is 5. The molecule has 4 aromatic rings. The average molecular weight is 497 g/mol. The largest absolute Gasteiger partial charge is 0.497 e. The summed E-state index contributed by atoms with van der Waals surface area (Å²) in [5.74, 6) is -0.283. The summed E-state index contributed by atoms with van der Waals surface area (Å²) in [6.07, 6.45) is 0. The number of hydrogen-bond donors (Lipinski definition) is 1. The Kier molecular flexibility index (Phi) is 7.53. The van der Waals surface area contributed by atoms with Crippen molar-refractivity contribution >= 4 is 39.9 Å². The maximum Gasteiger partial charge on any atom is 0.345 e. The van der Waals surface area contributed by atoms with Crippen molar-refractivity contribution in [2.45, 2.75) is 19.8 Å². The van der Waals surface area contributed by atoms with Crippen molar-refractivity contribution in [3.63, 3.8) is 0 Å². The van der Waals surface area contributed by atoms with Gasteiger partial charge in [-0.25, -0.2) is 4.79 Å².